The SMILES string of the molecule is COc1ccc(CN(C(=O)Cc2ccccc2)C(C(=O)Nc2ccc(OC)cc2OC)c2ccc3c(c2)OCO3)cc1. The fraction of sp³-hybridized carbons (Fsp3) is 0.212. The predicted octanol–water partition coefficient (Wildman–Crippen LogP) is 5.39. The van der Waals surface area contributed by atoms with Crippen LogP contribution in [0.1, 0.15) is 22.7 Å². The molecule has 2 amide bonds. The highest BCUT2D eigenvalue weighted by atomic mass is 16.7. The Balaban J connectivity index is 1.56. The lowest BCUT2D eigenvalue weighted by atomic mass is 10.0. The van der Waals surface area contributed by atoms with E-state index in [2.05, 4.69) is 5.32 Å². The molecule has 4 aromatic rings. The minimum atomic E-state index is -1.02. The Hall–Kier alpha value is -5.18. The van der Waals surface area contributed by atoms with Gasteiger partial charge in [0.2, 0.25) is 12.7 Å². The lowest BCUT2D eigenvalue weighted by Gasteiger charge is -2.32. The van der Waals surface area contributed by atoms with Crippen LogP contribution in [0.4, 0.5) is 5.69 Å². The lowest BCUT2D eigenvalue weighted by molar-refractivity contribution is -0.139. The van der Waals surface area contributed by atoms with Crippen LogP contribution in [-0.2, 0) is 22.6 Å². The molecule has 1 atom stereocenters. The summed E-state index contributed by atoms with van der Waals surface area (Å²) in [6, 6.07) is 26.2. The van der Waals surface area contributed by atoms with Crippen LogP contribution in [-0.4, -0.2) is 44.8 Å². The molecule has 0 bridgehead atoms. The highest BCUT2D eigenvalue weighted by Gasteiger charge is 2.33. The van der Waals surface area contributed by atoms with Crippen LogP contribution >= 0.6 is 0 Å². The second kappa shape index (κ2) is 13.0. The summed E-state index contributed by atoms with van der Waals surface area (Å²) in [6.07, 6.45) is 0.108. The van der Waals surface area contributed by atoms with Gasteiger partial charge in [0.05, 0.1) is 33.4 Å². The average Bonchev–Trinajstić information content (AvgIpc) is 3.50. The molecule has 0 saturated heterocycles. The van der Waals surface area contributed by atoms with Crippen molar-refractivity contribution in [2.75, 3.05) is 33.4 Å². The molecular formula is C33H32N2O7. The van der Waals surface area contributed by atoms with E-state index in [1.165, 1.54) is 7.11 Å². The Morgan fingerprint density at radius 2 is 1.50 bits per heavy atom. The maximum atomic E-state index is 14.2. The average molecular weight is 569 g/mol. The van der Waals surface area contributed by atoms with E-state index < -0.39 is 11.9 Å². The number of nitrogens with zero attached hydrogens (tertiary/aromatic N) is 1. The van der Waals surface area contributed by atoms with Crippen LogP contribution in [0.2, 0.25) is 0 Å². The summed E-state index contributed by atoms with van der Waals surface area (Å²) in [5.74, 6) is 2.13. The minimum Gasteiger partial charge on any atom is -0.497 e. The molecule has 1 heterocycles. The van der Waals surface area contributed by atoms with Crippen molar-refractivity contribution in [3.8, 4) is 28.7 Å². The van der Waals surface area contributed by atoms with Crippen molar-refractivity contribution >= 4 is 17.5 Å². The summed E-state index contributed by atoms with van der Waals surface area (Å²) in [4.78, 5) is 29.9. The zero-order valence-electron chi connectivity index (χ0n) is 23.7. The molecule has 9 nitrogen and oxygen atoms in total. The Kier molecular flexibility index (Phi) is 8.77. The maximum Gasteiger partial charge on any atom is 0.251 e. The molecule has 0 saturated carbocycles. The molecule has 1 N–H and O–H groups in total. The largest absolute Gasteiger partial charge is 0.497 e. The molecule has 42 heavy (non-hydrogen) atoms. The normalized spacial score (nSPS) is 12.3. The van der Waals surface area contributed by atoms with E-state index in [-0.39, 0.29) is 25.7 Å². The fourth-order valence-electron chi connectivity index (χ4n) is 4.78. The summed E-state index contributed by atoms with van der Waals surface area (Å²) >= 11 is 0. The second-order valence-electron chi connectivity index (χ2n) is 9.60. The number of hydrogen-bond acceptors (Lipinski definition) is 7. The molecule has 0 spiro atoms. The van der Waals surface area contributed by atoms with Crippen molar-refractivity contribution < 1.29 is 33.3 Å². The van der Waals surface area contributed by atoms with Crippen molar-refractivity contribution in [3.05, 3.63) is 108 Å². The monoisotopic (exact) mass is 568 g/mol. The van der Waals surface area contributed by atoms with E-state index in [9.17, 15) is 9.59 Å². The maximum absolute atomic E-state index is 14.2. The van der Waals surface area contributed by atoms with Gasteiger partial charge in [0, 0.05) is 12.6 Å². The molecule has 216 valence electrons. The van der Waals surface area contributed by atoms with Crippen molar-refractivity contribution in [1.82, 2.24) is 4.90 Å². The Bertz CT molecular complexity index is 1540. The van der Waals surface area contributed by atoms with Gasteiger partial charge in [-0.15, -0.1) is 0 Å². The topological polar surface area (TPSA) is 95.6 Å². The lowest BCUT2D eigenvalue weighted by Crippen LogP contribution is -2.41. The van der Waals surface area contributed by atoms with Gasteiger partial charge in [-0.25, -0.2) is 0 Å². The van der Waals surface area contributed by atoms with Crippen LogP contribution in [0, 0.1) is 0 Å². The van der Waals surface area contributed by atoms with Gasteiger partial charge >= 0.3 is 0 Å². The molecule has 1 unspecified atom stereocenters. The molecule has 9 heteroatoms. The van der Waals surface area contributed by atoms with Gasteiger partial charge in [-0.05, 0) is 53.1 Å². The van der Waals surface area contributed by atoms with Crippen molar-refractivity contribution in [3.63, 3.8) is 0 Å². The number of benzene rings is 4. The number of rotatable bonds is 11. The Labute approximate surface area is 244 Å². The Morgan fingerprint density at radius 3 is 2.21 bits per heavy atom. The first-order valence-corrected chi connectivity index (χ1v) is 13.4. The third-order valence-electron chi connectivity index (χ3n) is 6.97. The number of hydrogen-bond donors (Lipinski definition) is 1. The predicted molar refractivity (Wildman–Crippen MR) is 157 cm³/mol. The van der Waals surface area contributed by atoms with Crippen LogP contribution in [0.25, 0.3) is 0 Å². The van der Waals surface area contributed by atoms with Gasteiger partial charge in [0.1, 0.15) is 23.3 Å². The fourth-order valence-corrected chi connectivity index (χ4v) is 4.78. The number of ether oxygens (including phenoxy) is 5. The molecule has 4 aromatic carbocycles. The summed E-state index contributed by atoms with van der Waals surface area (Å²) in [6.45, 7) is 0.253. The van der Waals surface area contributed by atoms with E-state index in [4.69, 9.17) is 23.7 Å². The molecule has 0 radical (unpaired) electrons. The molecule has 0 aromatic heterocycles. The van der Waals surface area contributed by atoms with E-state index in [1.807, 2.05) is 54.6 Å². The molecule has 5 rings (SSSR count). The summed E-state index contributed by atoms with van der Waals surface area (Å²) in [5.41, 5.74) is 2.68. The number of carbonyl (C=O) groups is 2. The molecular weight excluding hydrogens is 536 g/mol. The van der Waals surface area contributed by atoms with E-state index >= 15 is 0 Å². The smallest absolute Gasteiger partial charge is 0.251 e. The van der Waals surface area contributed by atoms with Gasteiger partial charge in [0.25, 0.3) is 5.91 Å². The quantitative estimate of drug-likeness (QED) is 0.259. The van der Waals surface area contributed by atoms with Crippen molar-refractivity contribution in [1.29, 1.82) is 0 Å². The van der Waals surface area contributed by atoms with Crippen LogP contribution in [0.3, 0.4) is 0 Å². The molecule has 0 aliphatic carbocycles. The number of anilines is 1. The van der Waals surface area contributed by atoms with Gasteiger partial charge in [0.15, 0.2) is 11.5 Å². The van der Waals surface area contributed by atoms with E-state index in [0.29, 0.717) is 40.0 Å². The first-order valence-electron chi connectivity index (χ1n) is 13.4. The van der Waals surface area contributed by atoms with E-state index in [1.54, 1.807) is 55.5 Å². The number of carbonyl (C=O) groups excluding carboxylic acids is 2. The number of amides is 2. The summed E-state index contributed by atoms with van der Waals surface area (Å²) in [5, 5.41) is 2.98. The first kappa shape index (κ1) is 28.4. The van der Waals surface area contributed by atoms with Crippen LogP contribution < -0.4 is 29.0 Å². The van der Waals surface area contributed by atoms with Crippen LogP contribution in [0.15, 0.2) is 91.0 Å². The van der Waals surface area contributed by atoms with Crippen molar-refractivity contribution in [2.45, 2.75) is 19.0 Å². The second-order valence-corrected chi connectivity index (χ2v) is 9.60. The number of fused-ring (bicyclic) bond motifs is 1. The minimum absolute atomic E-state index is 0.0845. The number of nitrogens with one attached hydrogen (secondary N) is 1. The highest BCUT2D eigenvalue weighted by molar-refractivity contribution is 5.99. The zero-order valence-corrected chi connectivity index (χ0v) is 23.7. The highest BCUT2D eigenvalue weighted by Crippen LogP contribution is 2.37. The van der Waals surface area contributed by atoms with Gasteiger partial charge in [-0.3, -0.25) is 9.59 Å². The van der Waals surface area contributed by atoms with Crippen molar-refractivity contribution in [2.24, 2.45) is 0 Å². The molecule has 1 aliphatic rings. The summed E-state index contributed by atoms with van der Waals surface area (Å²) in [7, 11) is 4.66. The molecule has 0 fully saturated rings. The van der Waals surface area contributed by atoms with E-state index in [0.717, 1.165) is 11.1 Å². The van der Waals surface area contributed by atoms with Crippen LogP contribution in [0.5, 0.6) is 28.7 Å². The van der Waals surface area contributed by atoms with Gasteiger partial charge in [-0.1, -0.05) is 48.5 Å². The van der Waals surface area contributed by atoms with Gasteiger partial charge in [-0.2, -0.15) is 0 Å². The third kappa shape index (κ3) is 6.41. The first-order chi connectivity index (χ1) is 20.5. The molecule has 1 aliphatic heterocycles. The van der Waals surface area contributed by atoms with Gasteiger partial charge < -0.3 is 33.9 Å². The number of methoxy groups -OCH3 is 3. The zero-order chi connectivity index (χ0) is 29.5. The third-order valence-corrected chi connectivity index (χ3v) is 6.97. The summed E-state index contributed by atoms with van der Waals surface area (Å²) < 4.78 is 27.3. The standard InChI is InChI=1S/C33H32N2O7/c1-38-25-12-9-23(10-13-25)20-35(31(36)17-22-7-5-4-6-8-22)32(24-11-16-28-30(18-24)42-21-41-28)33(37)34-27-15-14-26(39-2)19-29(27)40-3/h4-16,18-19,32H,17,20-21H2,1-3H3,(H,34,37). The Morgan fingerprint density at radius 1 is 0.786 bits per heavy atom.